The summed E-state index contributed by atoms with van der Waals surface area (Å²) in [4.78, 5) is 26.6. The maximum absolute atomic E-state index is 13.3. The molecule has 2 amide bonds. The summed E-state index contributed by atoms with van der Waals surface area (Å²) in [7, 11) is 0. The third-order valence-electron chi connectivity index (χ3n) is 5.26. The van der Waals surface area contributed by atoms with E-state index in [2.05, 4.69) is 10.6 Å². The number of thiophene rings is 1. The molecule has 1 aromatic heterocycles. The molecule has 2 N–H and O–H groups in total. The van der Waals surface area contributed by atoms with Gasteiger partial charge in [-0.1, -0.05) is 49.7 Å². The van der Waals surface area contributed by atoms with E-state index in [1.807, 2.05) is 49.4 Å². The molecule has 1 heterocycles. The second-order valence-electron chi connectivity index (χ2n) is 7.15. The first kappa shape index (κ1) is 18.7. The molecule has 0 unspecified atom stereocenters. The Hall–Kier alpha value is -2.66. The zero-order valence-electron chi connectivity index (χ0n) is 16.0. The molecular weight excluding hydrogens is 368 g/mol. The highest BCUT2D eigenvalue weighted by Crippen LogP contribution is 2.38. The number of carbonyl (C=O) groups is 2. The Morgan fingerprint density at radius 1 is 0.964 bits per heavy atom. The monoisotopic (exact) mass is 392 g/mol. The van der Waals surface area contributed by atoms with Crippen LogP contribution in [0.5, 0.6) is 0 Å². The first-order valence-corrected chi connectivity index (χ1v) is 10.7. The molecule has 5 heteroatoms. The molecule has 1 aliphatic rings. The first-order valence-electron chi connectivity index (χ1n) is 9.91. The number of hydrogen-bond donors (Lipinski definition) is 2. The van der Waals surface area contributed by atoms with Gasteiger partial charge in [0.25, 0.3) is 5.91 Å². The summed E-state index contributed by atoms with van der Waals surface area (Å²) in [5, 5.41) is 8.86. The summed E-state index contributed by atoms with van der Waals surface area (Å²) in [5.74, 6) is -0.197. The van der Waals surface area contributed by atoms with E-state index in [1.54, 1.807) is 11.3 Å². The number of hydrogen-bond acceptors (Lipinski definition) is 3. The van der Waals surface area contributed by atoms with E-state index in [0.29, 0.717) is 17.0 Å². The molecule has 0 saturated carbocycles. The zero-order valence-corrected chi connectivity index (χ0v) is 16.8. The van der Waals surface area contributed by atoms with Crippen molar-refractivity contribution in [3.05, 3.63) is 58.5 Å². The molecule has 28 heavy (non-hydrogen) atoms. The fourth-order valence-electron chi connectivity index (χ4n) is 3.81. The van der Waals surface area contributed by atoms with Gasteiger partial charge in [-0.05, 0) is 42.7 Å². The van der Waals surface area contributed by atoms with Crippen LogP contribution in [0.2, 0.25) is 0 Å². The Balaban J connectivity index is 1.73. The zero-order chi connectivity index (χ0) is 19.5. The van der Waals surface area contributed by atoms with Crippen LogP contribution in [0.3, 0.4) is 0 Å². The van der Waals surface area contributed by atoms with Gasteiger partial charge < -0.3 is 10.6 Å². The van der Waals surface area contributed by atoms with E-state index in [0.717, 1.165) is 47.7 Å². The van der Waals surface area contributed by atoms with E-state index in [9.17, 15) is 9.59 Å². The van der Waals surface area contributed by atoms with Gasteiger partial charge in [0.15, 0.2) is 0 Å². The average molecular weight is 393 g/mol. The Morgan fingerprint density at radius 2 is 1.75 bits per heavy atom. The van der Waals surface area contributed by atoms with Gasteiger partial charge in [-0.25, -0.2) is 0 Å². The predicted molar refractivity (Wildman–Crippen MR) is 116 cm³/mol. The van der Waals surface area contributed by atoms with Crippen LogP contribution in [-0.2, 0) is 17.6 Å². The fourth-order valence-corrected chi connectivity index (χ4v) is 5.11. The molecule has 0 bridgehead atoms. The summed E-state index contributed by atoms with van der Waals surface area (Å²) in [6, 6.07) is 13.9. The summed E-state index contributed by atoms with van der Waals surface area (Å²) in [6.07, 6.45) is 5.68. The largest absolute Gasteiger partial charge is 0.321 e. The number of amides is 2. The summed E-state index contributed by atoms with van der Waals surface area (Å²) < 4.78 is 0. The van der Waals surface area contributed by atoms with Crippen molar-refractivity contribution in [1.82, 2.24) is 0 Å². The normalized spacial score (nSPS) is 13.6. The van der Waals surface area contributed by atoms with Gasteiger partial charge in [0, 0.05) is 22.4 Å². The maximum Gasteiger partial charge on any atom is 0.258 e. The number of nitrogens with one attached hydrogen (secondary N) is 2. The quantitative estimate of drug-likeness (QED) is 0.554. The van der Waals surface area contributed by atoms with Crippen LogP contribution in [0.4, 0.5) is 10.7 Å². The van der Waals surface area contributed by atoms with Crippen molar-refractivity contribution in [3.63, 3.8) is 0 Å². The molecule has 4 nitrogen and oxygen atoms in total. The van der Waals surface area contributed by atoms with Crippen LogP contribution in [0.25, 0.3) is 10.8 Å². The van der Waals surface area contributed by atoms with Gasteiger partial charge in [-0.15, -0.1) is 11.3 Å². The first-order chi connectivity index (χ1) is 13.7. The lowest BCUT2D eigenvalue weighted by Crippen LogP contribution is -2.17. The minimum Gasteiger partial charge on any atom is -0.321 e. The molecule has 0 fully saturated rings. The minimum atomic E-state index is -0.137. The van der Waals surface area contributed by atoms with Crippen LogP contribution in [0.15, 0.2) is 42.5 Å². The smallest absolute Gasteiger partial charge is 0.258 e. The van der Waals surface area contributed by atoms with Crippen molar-refractivity contribution in [2.24, 2.45) is 0 Å². The van der Waals surface area contributed by atoms with Crippen molar-refractivity contribution in [1.29, 1.82) is 0 Å². The van der Waals surface area contributed by atoms with E-state index in [-0.39, 0.29) is 11.8 Å². The molecule has 144 valence electrons. The van der Waals surface area contributed by atoms with Gasteiger partial charge in [-0.2, -0.15) is 0 Å². The van der Waals surface area contributed by atoms with E-state index in [4.69, 9.17) is 0 Å². The van der Waals surface area contributed by atoms with Crippen LogP contribution in [0.1, 0.15) is 53.4 Å². The minimum absolute atomic E-state index is 0.0596. The van der Waals surface area contributed by atoms with Gasteiger partial charge in [0.1, 0.15) is 5.00 Å². The van der Waals surface area contributed by atoms with Crippen LogP contribution in [-0.4, -0.2) is 11.8 Å². The third-order valence-corrected chi connectivity index (χ3v) is 6.47. The second kappa shape index (κ2) is 8.15. The van der Waals surface area contributed by atoms with Gasteiger partial charge in [-0.3, -0.25) is 9.59 Å². The fraction of sp³-hybridized carbons (Fsp3) is 0.304. The molecule has 0 radical (unpaired) electrons. The van der Waals surface area contributed by atoms with Crippen LogP contribution < -0.4 is 10.6 Å². The lowest BCUT2D eigenvalue weighted by atomic mass is 10.0. The number of aryl methyl sites for hydroxylation is 1. The Morgan fingerprint density at radius 3 is 2.61 bits per heavy atom. The van der Waals surface area contributed by atoms with E-state index in [1.165, 1.54) is 11.3 Å². The number of rotatable bonds is 4. The number of anilines is 2. The molecule has 0 atom stereocenters. The molecule has 0 spiro atoms. The summed E-state index contributed by atoms with van der Waals surface area (Å²) >= 11 is 1.57. The van der Waals surface area contributed by atoms with Crippen molar-refractivity contribution in [2.45, 2.75) is 45.4 Å². The highest BCUT2D eigenvalue weighted by molar-refractivity contribution is 7.17. The third kappa shape index (κ3) is 3.67. The lowest BCUT2D eigenvalue weighted by Gasteiger charge is -2.12. The maximum atomic E-state index is 13.3. The van der Waals surface area contributed by atoms with Crippen LogP contribution >= 0.6 is 11.3 Å². The topological polar surface area (TPSA) is 58.2 Å². The standard InChI is InChI=1S/C23H24N2O2S/c1-2-20(26)25-23-21(17-12-4-3-5-14-19(17)28-23)22(27)24-18-13-8-10-15-9-6-7-11-16(15)18/h6-11,13H,2-5,12,14H2,1H3,(H,24,27)(H,25,26). The molecule has 0 aliphatic heterocycles. The molecular formula is C23H24N2O2S. The van der Waals surface area contributed by atoms with Crippen LogP contribution in [0, 0.1) is 0 Å². The number of benzene rings is 2. The summed E-state index contributed by atoms with van der Waals surface area (Å²) in [6.45, 7) is 1.82. The van der Waals surface area contributed by atoms with E-state index >= 15 is 0 Å². The second-order valence-corrected chi connectivity index (χ2v) is 8.26. The molecule has 3 aromatic rings. The highest BCUT2D eigenvalue weighted by atomic mass is 32.1. The van der Waals surface area contributed by atoms with E-state index < -0.39 is 0 Å². The SMILES string of the molecule is CCC(=O)Nc1sc2c(c1C(=O)Nc1cccc3ccccc13)CCCCC2. The van der Waals surface area contributed by atoms with Crippen molar-refractivity contribution < 1.29 is 9.59 Å². The average Bonchev–Trinajstić information content (AvgIpc) is 2.88. The predicted octanol–water partition coefficient (Wildman–Crippen LogP) is 5.77. The summed E-state index contributed by atoms with van der Waals surface area (Å²) in [5.41, 5.74) is 2.56. The van der Waals surface area contributed by atoms with Crippen molar-refractivity contribution in [3.8, 4) is 0 Å². The number of fused-ring (bicyclic) bond motifs is 2. The molecule has 2 aromatic carbocycles. The number of carbonyl (C=O) groups excluding carboxylic acids is 2. The molecule has 4 rings (SSSR count). The van der Waals surface area contributed by atoms with Gasteiger partial charge in [0.2, 0.25) is 5.91 Å². The molecule has 1 aliphatic carbocycles. The van der Waals surface area contributed by atoms with Crippen molar-refractivity contribution >= 4 is 44.6 Å². The van der Waals surface area contributed by atoms with Gasteiger partial charge >= 0.3 is 0 Å². The van der Waals surface area contributed by atoms with Crippen molar-refractivity contribution in [2.75, 3.05) is 10.6 Å². The Kier molecular flexibility index (Phi) is 5.44. The molecule has 0 saturated heterocycles. The highest BCUT2D eigenvalue weighted by Gasteiger charge is 2.25. The lowest BCUT2D eigenvalue weighted by molar-refractivity contribution is -0.115. The van der Waals surface area contributed by atoms with Gasteiger partial charge in [0.05, 0.1) is 5.56 Å². The Labute approximate surface area is 169 Å². The Bertz CT molecular complexity index is 1030.